The van der Waals surface area contributed by atoms with Crippen molar-refractivity contribution in [1.82, 2.24) is 10.3 Å². The summed E-state index contributed by atoms with van der Waals surface area (Å²) in [5.41, 5.74) is 1.54. The number of nitrogens with one attached hydrogen (secondary N) is 1. The molecule has 1 N–H and O–H groups in total. The van der Waals surface area contributed by atoms with E-state index in [1.165, 1.54) is 19.1 Å². The molecular weight excluding hydrogens is 368 g/mol. The van der Waals surface area contributed by atoms with Crippen LogP contribution in [0.25, 0.3) is 0 Å². The van der Waals surface area contributed by atoms with Gasteiger partial charge in [-0.3, -0.25) is 4.79 Å². The first-order valence-electron chi connectivity index (χ1n) is 9.92. The molecule has 0 unspecified atom stereocenters. The quantitative estimate of drug-likeness (QED) is 0.611. The van der Waals surface area contributed by atoms with Crippen LogP contribution in [0.15, 0.2) is 65.4 Å². The molecule has 0 bridgehead atoms. The molecule has 0 aliphatic heterocycles. The first kappa shape index (κ1) is 19.1. The van der Waals surface area contributed by atoms with Gasteiger partial charge in [0, 0.05) is 23.9 Å². The van der Waals surface area contributed by atoms with Gasteiger partial charge in [-0.05, 0) is 49.9 Å². The largest absolute Gasteiger partial charge is 0.489 e. The van der Waals surface area contributed by atoms with Crippen molar-refractivity contribution in [3.05, 3.63) is 77.9 Å². The molecule has 4 rings (SSSR count). The number of rotatable bonds is 8. The van der Waals surface area contributed by atoms with Gasteiger partial charge in [0.15, 0.2) is 5.76 Å². The average Bonchev–Trinajstić information content (AvgIpc) is 3.44. The molecule has 150 valence electrons. The molecule has 0 saturated heterocycles. The van der Waals surface area contributed by atoms with Gasteiger partial charge < -0.3 is 19.2 Å². The van der Waals surface area contributed by atoms with Crippen molar-refractivity contribution in [2.24, 2.45) is 0 Å². The van der Waals surface area contributed by atoms with E-state index in [9.17, 15) is 4.79 Å². The number of carbonyl (C=O) groups excluding carboxylic acids is 1. The first-order valence-corrected chi connectivity index (χ1v) is 9.92. The fourth-order valence-electron chi connectivity index (χ4n) is 3.41. The molecule has 0 radical (unpaired) electrons. The van der Waals surface area contributed by atoms with E-state index in [0.717, 1.165) is 24.2 Å². The van der Waals surface area contributed by atoms with Crippen molar-refractivity contribution >= 4 is 5.91 Å². The number of hydrogen-bond acceptors (Lipinski definition) is 5. The molecule has 1 saturated carbocycles. The second-order valence-corrected chi connectivity index (χ2v) is 7.05. The number of para-hydroxylation sites is 1. The van der Waals surface area contributed by atoms with Crippen LogP contribution in [0.3, 0.4) is 0 Å². The van der Waals surface area contributed by atoms with Crippen LogP contribution < -0.4 is 14.8 Å². The van der Waals surface area contributed by atoms with Crippen LogP contribution in [0.4, 0.5) is 0 Å². The number of nitrogens with zero attached hydrogens (tertiary/aromatic N) is 1. The maximum Gasteiger partial charge on any atom is 0.287 e. The maximum atomic E-state index is 12.6. The number of amides is 1. The number of benzene rings is 1. The van der Waals surface area contributed by atoms with Gasteiger partial charge in [-0.15, -0.1) is 0 Å². The Morgan fingerprint density at radius 1 is 1.07 bits per heavy atom. The molecule has 2 aromatic heterocycles. The van der Waals surface area contributed by atoms with E-state index in [-0.39, 0.29) is 24.4 Å². The van der Waals surface area contributed by atoms with Gasteiger partial charge in [-0.1, -0.05) is 24.3 Å². The molecule has 1 amide bonds. The highest BCUT2D eigenvalue weighted by Gasteiger charge is 2.20. The van der Waals surface area contributed by atoms with Crippen LogP contribution in [-0.2, 0) is 13.2 Å². The van der Waals surface area contributed by atoms with Crippen LogP contribution >= 0.6 is 0 Å². The van der Waals surface area contributed by atoms with Gasteiger partial charge in [0.1, 0.15) is 18.5 Å². The number of hydrogen-bond donors (Lipinski definition) is 1. The van der Waals surface area contributed by atoms with Crippen molar-refractivity contribution in [1.29, 1.82) is 0 Å². The number of carbonyl (C=O) groups is 1. The Hall–Kier alpha value is -3.28. The zero-order chi connectivity index (χ0) is 19.9. The lowest BCUT2D eigenvalue weighted by Gasteiger charge is -2.15. The van der Waals surface area contributed by atoms with Crippen molar-refractivity contribution in [3.8, 4) is 11.6 Å². The third kappa shape index (κ3) is 4.96. The first-order chi connectivity index (χ1) is 14.3. The molecule has 29 heavy (non-hydrogen) atoms. The lowest BCUT2D eigenvalue weighted by atomic mass is 10.2. The Kier molecular flexibility index (Phi) is 6.10. The van der Waals surface area contributed by atoms with E-state index in [1.54, 1.807) is 12.3 Å². The van der Waals surface area contributed by atoms with Crippen LogP contribution in [0.5, 0.6) is 11.6 Å². The maximum absolute atomic E-state index is 12.6. The summed E-state index contributed by atoms with van der Waals surface area (Å²) in [5.74, 6) is 1.29. The lowest BCUT2D eigenvalue weighted by Crippen LogP contribution is -2.24. The molecular formula is C23H24N2O4. The number of aromatic nitrogens is 1. The summed E-state index contributed by atoms with van der Waals surface area (Å²) in [6, 6.07) is 15.0. The van der Waals surface area contributed by atoms with E-state index < -0.39 is 0 Å². The Bertz CT molecular complexity index is 933. The molecule has 1 aromatic carbocycles. The third-order valence-electron chi connectivity index (χ3n) is 4.96. The van der Waals surface area contributed by atoms with Gasteiger partial charge in [0.25, 0.3) is 5.91 Å². The highest BCUT2D eigenvalue weighted by molar-refractivity contribution is 5.92. The highest BCUT2D eigenvalue weighted by atomic mass is 16.5. The van der Waals surface area contributed by atoms with Crippen LogP contribution in [-0.4, -0.2) is 17.0 Å². The van der Waals surface area contributed by atoms with Crippen molar-refractivity contribution in [3.63, 3.8) is 0 Å². The van der Waals surface area contributed by atoms with Gasteiger partial charge in [0.05, 0.1) is 6.26 Å². The smallest absolute Gasteiger partial charge is 0.287 e. The Labute approximate surface area is 169 Å². The molecule has 0 spiro atoms. The molecule has 0 atom stereocenters. The number of ether oxygens (including phenoxy) is 2. The van der Waals surface area contributed by atoms with Crippen LogP contribution in [0.1, 0.15) is 47.4 Å². The molecule has 1 aliphatic carbocycles. The Balaban J connectivity index is 1.36. The topological polar surface area (TPSA) is 73.6 Å². The van der Waals surface area contributed by atoms with Crippen molar-refractivity contribution < 1.29 is 18.7 Å². The molecule has 1 fully saturated rings. The zero-order valence-corrected chi connectivity index (χ0v) is 16.2. The van der Waals surface area contributed by atoms with Gasteiger partial charge in [0.2, 0.25) is 5.88 Å². The summed E-state index contributed by atoms with van der Waals surface area (Å²) in [7, 11) is 0. The van der Waals surface area contributed by atoms with Gasteiger partial charge in [-0.2, -0.15) is 0 Å². The normalized spacial score (nSPS) is 13.9. The molecule has 3 aromatic rings. The summed E-state index contributed by atoms with van der Waals surface area (Å²) in [6.45, 7) is 0.570. The molecule has 6 heteroatoms. The van der Waals surface area contributed by atoms with Crippen LogP contribution in [0.2, 0.25) is 0 Å². The minimum Gasteiger partial charge on any atom is -0.489 e. The minimum absolute atomic E-state index is 0.214. The number of furan rings is 1. The van der Waals surface area contributed by atoms with E-state index in [2.05, 4.69) is 10.3 Å². The predicted octanol–water partition coefficient (Wildman–Crippen LogP) is 4.51. The summed E-state index contributed by atoms with van der Waals surface area (Å²) in [5, 5.41) is 2.90. The van der Waals surface area contributed by atoms with E-state index >= 15 is 0 Å². The van der Waals surface area contributed by atoms with Crippen molar-refractivity contribution in [2.75, 3.05) is 0 Å². The minimum atomic E-state index is -0.294. The van der Waals surface area contributed by atoms with E-state index in [0.29, 0.717) is 18.0 Å². The molecule has 2 heterocycles. The Morgan fingerprint density at radius 2 is 1.90 bits per heavy atom. The zero-order valence-electron chi connectivity index (χ0n) is 16.2. The van der Waals surface area contributed by atoms with E-state index in [1.807, 2.05) is 42.5 Å². The van der Waals surface area contributed by atoms with Gasteiger partial charge >= 0.3 is 0 Å². The molecule has 6 nitrogen and oxygen atoms in total. The van der Waals surface area contributed by atoms with E-state index in [4.69, 9.17) is 13.9 Å². The summed E-state index contributed by atoms with van der Waals surface area (Å²) in [6.07, 6.45) is 7.91. The second kappa shape index (κ2) is 9.28. The average molecular weight is 392 g/mol. The third-order valence-corrected chi connectivity index (χ3v) is 4.96. The lowest BCUT2D eigenvalue weighted by molar-refractivity contribution is 0.0919. The standard InChI is InChI=1S/C23H24N2O4/c26-22(21-18(12-14-27-21)16-28-19-8-2-1-3-9-19)25-15-17-7-6-13-24-23(17)29-20-10-4-5-11-20/h1-3,6-9,12-14,20H,4-5,10-11,15-16H2,(H,25,26). The fourth-order valence-corrected chi connectivity index (χ4v) is 3.41. The fraction of sp³-hybridized carbons (Fsp3) is 0.304. The molecule has 1 aliphatic rings. The second-order valence-electron chi connectivity index (χ2n) is 7.05. The summed E-state index contributed by atoms with van der Waals surface area (Å²) < 4.78 is 17.2. The number of pyridine rings is 1. The summed E-state index contributed by atoms with van der Waals surface area (Å²) in [4.78, 5) is 17.0. The Morgan fingerprint density at radius 3 is 2.72 bits per heavy atom. The monoisotopic (exact) mass is 392 g/mol. The van der Waals surface area contributed by atoms with Gasteiger partial charge in [-0.25, -0.2) is 4.98 Å². The predicted molar refractivity (Wildman–Crippen MR) is 108 cm³/mol. The highest BCUT2D eigenvalue weighted by Crippen LogP contribution is 2.25. The van der Waals surface area contributed by atoms with Crippen LogP contribution in [0, 0.1) is 0 Å². The SMILES string of the molecule is O=C(NCc1cccnc1OC1CCCC1)c1occc1COc1ccccc1. The van der Waals surface area contributed by atoms with Crippen molar-refractivity contribution in [2.45, 2.75) is 44.9 Å². The summed E-state index contributed by atoms with van der Waals surface area (Å²) >= 11 is 0.